The SMILES string of the molecule is CCCc1ccc(-c2ccc(C(CC)(CC)c3ccc(CCC(O[Si](C)(C)C(C)(C)C)C(C)(C)C)c(C)c3)cc2C)cc1. The highest BCUT2D eigenvalue weighted by atomic mass is 28.4. The molecule has 3 rings (SSSR count). The highest BCUT2D eigenvalue weighted by Crippen LogP contribution is 2.43. The molecule has 0 aromatic heterocycles. The van der Waals surface area contributed by atoms with Crippen molar-refractivity contribution in [1.82, 2.24) is 0 Å². The Morgan fingerprint density at radius 3 is 1.72 bits per heavy atom. The first-order valence-electron chi connectivity index (χ1n) is 17.0. The van der Waals surface area contributed by atoms with Gasteiger partial charge in [-0.25, -0.2) is 0 Å². The number of rotatable bonds is 12. The third-order valence-corrected chi connectivity index (χ3v) is 15.1. The van der Waals surface area contributed by atoms with Crippen molar-refractivity contribution in [2.75, 3.05) is 0 Å². The second-order valence-corrected chi connectivity index (χ2v) is 20.4. The van der Waals surface area contributed by atoms with Gasteiger partial charge >= 0.3 is 0 Å². The number of aryl methyl sites for hydroxylation is 4. The smallest absolute Gasteiger partial charge is 0.192 e. The standard InChI is InChI=1S/C41H62OSi/c1-14-17-32-18-20-34(21-19-32)37-26-25-36(29-31(37)5)41(15-2,16-3)35-24-22-33(30(4)28-35)23-27-38(39(6,7)8)42-43(12,13)40(9,10)11/h18-22,24-26,28-29,38H,14-17,23,27H2,1-13H3. The Labute approximate surface area is 267 Å². The summed E-state index contributed by atoms with van der Waals surface area (Å²) in [5.41, 5.74) is 11.3. The van der Waals surface area contributed by atoms with Crippen molar-refractivity contribution in [3.05, 3.63) is 94.0 Å². The van der Waals surface area contributed by atoms with Crippen molar-refractivity contribution in [1.29, 1.82) is 0 Å². The van der Waals surface area contributed by atoms with Crippen LogP contribution in [0.1, 0.15) is 121 Å². The lowest BCUT2D eigenvalue weighted by Gasteiger charge is -2.43. The maximum absolute atomic E-state index is 7.01. The van der Waals surface area contributed by atoms with Crippen LogP contribution in [0.4, 0.5) is 0 Å². The Bertz CT molecular complexity index is 1330. The van der Waals surface area contributed by atoms with E-state index in [-0.39, 0.29) is 22.0 Å². The molecule has 0 heterocycles. The summed E-state index contributed by atoms with van der Waals surface area (Å²) in [6, 6.07) is 23.7. The van der Waals surface area contributed by atoms with E-state index in [9.17, 15) is 0 Å². The highest BCUT2D eigenvalue weighted by molar-refractivity contribution is 6.74. The van der Waals surface area contributed by atoms with Crippen molar-refractivity contribution in [3.8, 4) is 11.1 Å². The summed E-state index contributed by atoms with van der Waals surface area (Å²) in [6.07, 6.45) is 6.86. The molecule has 0 aliphatic heterocycles. The van der Waals surface area contributed by atoms with Gasteiger partial charge in [-0.2, -0.15) is 0 Å². The predicted molar refractivity (Wildman–Crippen MR) is 193 cm³/mol. The van der Waals surface area contributed by atoms with Crippen molar-refractivity contribution >= 4 is 8.32 Å². The summed E-state index contributed by atoms with van der Waals surface area (Å²) < 4.78 is 7.01. The topological polar surface area (TPSA) is 9.23 Å². The monoisotopic (exact) mass is 598 g/mol. The molecule has 0 fully saturated rings. The van der Waals surface area contributed by atoms with Crippen LogP contribution in [0.5, 0.6) is 0 Å². The molecule has 0 aliphatic carbocycles. The molecule has 0 aliphatic rings. The number of benzene rings is 3. The van der Waals surface area contributed by atoms with Gasteiger partial charge < -0.3 is 4.43 Å². The van der Waals surface area contributed by atoms with Crippen LogP contribution in [0.2, 0.25) is 18.1 Å². The van der Waals surface area contributed by atoms with Gasteiger partial charge in [-0.3, -0.25) is 0 Å². The Morgan fingerprint density at radius 2 is 1.26 bits per heavy atom. The van der Waals surface area contributed by atoms with E-state index < -0.39 is 8.32 Å². The molecule has 1 nitrogen and oxygen atoms in total. The zero-order valence-corrected chi connectivity index (χ0v) is 31.0. The summed E-state index contributed by atoms with van der Waals surface area (Å²) in [6.45, 7) is 30.4. The molecule has 0 saturated carbocycles. The van der Waals surface area contributed by atoms with Gasteiger partial charge in [0.2, 0.25) is 0 Å². The van der Waals surface area contributed by atoms with Gasteiger partial charge in [0.1, 0.15) is 0 Å². The third kappa shape index (κ3) is 8.11. The lowest BCUT2D eigenvalue weighted by molar-refractivity contribution is 0.0657. The Balaban J connectivity index is 1.88. The van der Waals surface area contributed by atoms with E-state index in [2.05, 4.69) is 150 Å². The average Bonchev–Trinajstić information content (AvgIpc) is 2.92. The molecule has 0 N–H and O–H groups in total. The van der Waals surface area contributed by atoms with Crippen molar-refractivity contribution in [3.63, 3.8) is 0 Å². The molecule has 0 radical (unpaired) electrons. The van der Waals surface area contributed by atoms with Crippen LogP contribution in [0.15, 0.2) is 60.7 Å². The second kappa shape index (κ2) is 13.9. The minimum Gasteiger partial charge on any atom is -0.413 e. The number of hydrogen-bond acceptors (Lipinski definition) is 1. The first-order valence-corrected chi connectivity index (χ1v) is 19.9. The van der Waals surface area contributed by atoms with Crippen LogP contribution in [-0.4, -0.2) is 14.4 Å². The molecular formula is C41H62OSi. The van der Waals surface area contributed by atoms with Crippen molar-refractivity contribution in [2.24, 2.45) is 5.41 Å². The van der Waals surface area contributed by atoms with Gasteiger partial charge in [-0.1, -0.05) is 129 Å². The maximum Gasteiger partial charge on any atom is 0.192 e. The van der Waals surface area contributed by atoms with Crippen LogP contribution in [0.25, 0.3) is 11.1 Å². The van der Waals surface area contributed by atoms with Gasteiger partial charge in [0.15, 0.2) is 8.32 Å². The third-order valence-electron chi connectivity index (χ3n) is 10.6. The summed E-state index contributed by atoms with van der Waals surface area (Å²) in [5.74, 6) is 0. The summed E-state index contributed by atoms with van der Waals surface area (Å²) in [7, 11) is -1.85. The van der Waals surface area contributed by atoms with Crippen LogP contribution in [-0.2, 0) is 22.7 Å². The van der Waals surface area contributed by atoms with Crippen LogP contribution < -0.4 is 0 Å². The Morgan fingerprint density at radius 1 is 0.698 bits per heavy atom. The van der Waals surface area contributed by atoms with Crippen molar-refractivity contribution < 1.29 is 4.43 Å². The number of hydrogen-bond donors (Lipinski definition) is 0. The van der Waals surface area contributed by atoms with Crippen molar-refractivity contribution in [2.45, 2.75) is 144 Å². The fourth-order valence-corrected chi connectivity index (χ4v) is 7.96. The molecule has 2 heteroatoms. The second-order valence-electron chi connectivity index (χ2n) is 15.7. The summed E-state index contributed by atoms with van der Waals surface area (Å²) in [5, 5.41) is 0.216. The van der Waals surface area contributed by atoms with E-state index in [0.29, 0.717) is 0 Å². The average molecular weight is 599 g/mol. The molecule has 236 valence electrons. The molecule has 3 aromatic carbocycles. The molecule has 1 atom stereocenters. The normalized spacial score (nSPS) is 13.8. The van der Waals surface area contributed by atoms with Crippen LogP contribution in [0, 0.1) is 19.3 Å². The molecule has 0 amide bonds. The van der Waals surface area contributed by atoms with E-state index >= 15 is 0 Å². The maximum atomic E-state index is 7.01. The van der Waals surface area contributed by atoms with Gasteiger partial charge in [-0.15, -0.1) is 0 Å². The molecular weight excluding hydrogens is 537 g/mol. The minimum absolute atomic E-state index is 0.0109. The lowest BCUT2D eigenvalue weighted by atomic mass is 9.69. The van der Waals surface area contributed by atoms with E-state index in [1.807, 2.05) is 0 Å². The van der Waals surface area contributed by atoms with Crippen LogP contribution in [0.3, 0.4) is 0 Å². The molecule has 3 aromatic rings. The van der Waals surface area contributed by atoms with E-state index in [1.54, 1.807) is 0 Å². The Kier molecular flexibility index (Phi) is 11.4. The fourth-order valence-electron chi connectivity index (χ4n) is 6.42. The molecule has 1 unspecified atom stereocenters. The minimum atomic E-state index is -1.85. The fraction of sp³-hybridized carbons (Fsp3) is 0.561. The molecule has 43 heavy (non-hydrogen) atoms. The van der Waals surface area contributed by atoms with Gasteiger partial charge in [0, 0.05) is 5.41 Å². The quantitative estimate of drug-likeness (QED) is 0.188. The first-order chi connectivity index (χ1) is 20.0. The zero-order valence-electron chi connectivity index (χ0n) is 30.0. The molecule has 0 spiro atoms. The summed E-state index contributed by atoms with van der Waals surface area (Å²) >= 11 is 0. The predicted octanol–water partition coefficient (Wildman–Crippen LogP) is 12.4. The van der Waals surface area contributed by atoms with Crippen LogP contribution >= 0.6 is 0 Å². The zero-order chi connectivity index (χ0) is 32.2. The van der Waals surface area contributed by atoms with E-state index in [1.165, 1.54) is 50.9 Å². The van der Waals surface area contributed by atoms with E-state index in [0.717, 1.165) is 32.1 Å². The first kappa shape index (κ1) is 35.3. The summed E-state index contributed by atoms with van der Waals surface area (Å²) in [4.78, 5) is 0. The highest BCUT2D eigenvalue weighted by Gasteiger charge is 2.41. The molecule has 0 bridgehead atoms. The molecule has 0 saturated heterocycles. The van der Waals surface area contributed by atoms with E-state index in [4.69, 9.17) is 4.43 Å². The van der Waals surface area contributed by atoms with Gasteiger partial charge in [0.05, 0.1) is 6.10 Å². The largest absolute Gasteiger partial charge is 0.413 e. The Hall–Kier alpha value is -2.16. The van der Waals surface area contributed by atoms with Gasteiger partial charge in [-0.05, 0) is 114 Å². The lowest BCUT2D eigenvalue weighted by Crippen LogP contribution is -2.47. The van der Waals surface area contributed by atoms with Gasteiger partial charge in [0.25, 0.3) is 0 Å².